The molecule has 16 heavy (non-hydrogen) atoms. The van der Waals surface area contributed by atoms with E-state index >= 15 is 0 Å². The van der Waals surface area contributed by atoms with E-state index in [1.54, 1.807) is 6.08 Å². The summed E-state index contributed by atoms with van der Waals surface area (Å²) < 4.78 is 5.49. The summed E-state index contributed by atoms with van der Waals surface area (Å²) in [5, 5.41) is 9.66. The first kappa shape index (κ1) is 12.9. The van der Waals surface area contributed by atoms with E-state index in [2.05, 4.69) is 6.58 Å². The van der Waals surface area contributed by atoms with Crippen molar-refractivity contribution in [1.29, 1.82) is 0 Å². The van der Waals surface area contributed by atoms with Crippen LogP contribution in [0.15, 0.2) is 43.0 Å². The topological polar surface area (TPSA) is 29.5 Å². The first-order valence-corrected chi connectivity index (χ1v) is 5.66. The van der Waals surface area contributed by atoms with Crippen molar-refractivity contribution in [1.82, 2.24) is 0 Å². The fourth-order valence-electron chi connectivity index (χ4n) is 1.39. The Labute approximate surface area is 97.6 Å². The predicted octanol–water partition coefficient (Wildman–Crippen LogP) is 2.78. The van der Waals surface area contributed by atoms with E-state index in [1.807, 2.05) is 37.3 Å². The number of benzene rings is 1. The number of ether oxygens (including phenoxy) is 1. The molecule has 0 unspecified atom stereocenters. The van der Waals surface area contributed by atoms with Crippen LogP contribution in [-0.2, 0) is 11.3 Å². The van der Waals surface area contributed by atoms with Gasteiger partial charge in [-0.25, -0.2) is 0 Å². The van der Waals surface area contributed by atoms with Gasteiger partial charge in [-0.05, 0) is 17.9 Å². The van der Waals surface area contributed by atoms with E-state index in [4.69, 9.17) is 4.74 Å². The molecule has 0 amide bonds. The zero-order chi connectivity index (χ0) is 11.8. The number of hydrogen-bond acceptors (Lipinski definition) is 2. The van der Waals surface area contributed by atoms with Crippen LogP contribution in [0.1, 0.15) is 18.9 Å². The summed E-state index contributed by atoms with van der Waals surface area (Å²) in [6.07, 6.45) is 2.07. The molecule has 0 spiro atoms. The Morgan fingerprint density at radius 2 is 2.06 bits per heavy atom. The van der Waals surface area contributed by atoms with Gasteiger partial charge in [0.25, 0.3) is 0 Å². The van der Waals surface area contributed by atoms with Crippen molar-refractivity contribution in [3.63, 3.8) is 0 Å². The maximum atomic E-state index is 9.66. The van der Waals surface area contributed by atoms with Crippen molar-refractivity contribution in [2.75, 3.05) is 6.61 Å². The molecule has 2 nitrogen and oxygen atoms in total. The molecule has 1 N–H and O–H groups in total. The van der Waals surface area contributed by atoms with Crippen LogP contribution in [-0.4, -0.2) is 17.8 Å². The number of hydrogen-bond donors (Lipinski definition) is 1. The second kappa shape index (κ2) is 7.20. The van der Waals surface area contributed by atoms with Crippen molar-refractivity contribution >= 4 is 0 Å². The summed E-state index contributed by atoms with van der Waals surface area (Å²) in [7, 11) is 0. The lowest BCUT2D eigenvalue weighted by atomic mass is 10.0. The van der Waals surface area contributed by atoms with Crippen LogP contribution in [0.3, 0.4) is 0 Å². The largest absolute Gasteiger partial charge is 0.392 e. The Kier molecular flexibility index (Phi) is 5.83. The lowest BCUT2D eigenvalue weighted by Gasteiger charge is -2.14. The van der Waals surface area contributed by atoms with E-state index in [9.17, 15) is 5.11 Å². The van der Waals surface area contributed by atoms with Gasteiger partial charge in [0, 0.05) is 6.61 Å². The minimum absolute atomic E-state index is 0.125. The van der Waals surface area contributed by atoms with E-state index in [0.29, 0.717) is 19.6 Å². The predicted molar refractivity (Wildman–Crippen MR) is 66.1 cm³/mol. The molecule has 0 aliphatic carbocycles. The third-order valence-electron chi connectivity index (χ3n) is 2.65. The molecule has 1 aromatic rings. The van der Waals surface area contributed by atoms with E-state index < -0.39 is 0 Å². The van der Waals surface area contributed by atoms with Gasteiger partial charge in [-0.3, -0.25) is 0 Å². The molecular weight excluding hydrogens is 200 g/mol. The zero-order valence-electron chi connectivity index (χ0n) is 9.80. The fourth-order valence-corrected chi connectivity index (χ4v) is 1.39. The zero-order valence-corrected chi connectivity index (χ0v) is 9.80. The van der Waals surface area contributed by atoms with Gasteiger partial charge in [0.1, 0.15) is 0 Å². The average Bonchev–Trinajstić information content (AvgIpc) is 2.34. The maximum Gasteiger partial charge on any atom is 0.0716 e. The van der Waals surface area contributed by atoms with Crippen molar-refractivity contribution in [3.05, 3.63) is 48.6 Å². The van der Waals surface area contributed by atoms with Gasteiger partial charge in [0.2, 0.25) is 0 Å². The molecule has 88 valence electrons. The van der Waals surface area contributed by atoms with E-state index in [1.165, 1.54) is 0 Å². The molecule has 0 saturated carbocycles. The standard InChI is InChI=1S/C14H20O2/c1-3-12(2)14(15)9-10-16-11-13-7-5-4-6-8-13/h3-8,12,14-15H,1,9-11H2,2H3/t12-,14-/m1/s1. The fraction of sp³-hybridized carbons (Fsp3) is 0.429. The Morgan fingerprint density at radius 3 is 2.69 bits per heavy atom. The van der Waals surface area contributed by atoms with Gasteiger partial charge in [-0.15, -0.1) is 6.58 Å². The smallest absolute Gasteiger partial charge is 0.0716 e. The van der Waals surface area contributed by atoms with Crippen molar-refractivity contribution in [2.24, 2.45) is 5.92 Å². The van der Waals surface area contributed by atoms with Gasteiger partial charge in [0.15, 0.2) is 0 Å². The molecule has 0 radical (unpaired) electrons. The van der Waals surface area contributed by atoms with Gasteiger partial charge < -0.3 is 9.84 Å². The summed E-state index contributed by atoms with van der Waals surface area (Å²) in [6, 6.07) is 10.0. The second-order valence-corrected chi connectivity index (χ2v) is 3.99. The molecule has 0 bridgehead atoms. The number of aliphatic hydroxyl groups is 1. The summed E-state index contributed by atoms with van der Waals surface area (Å²) in [6.45, 7) is 6.79. The molecule has 2 heteroatoms. The molecule has 0 fully saturated rings. The van der Waals surface area contributed by atoms with Crippen LogP contribution in [0.2, 0.25) is 0 Å². The van der Waals surface area contributed by atoms with Gasteiger partial charge in [-0.1, -0.05) is 43.3 Å². The van der Waals surface area contributed by atoms with Crippen molar-refractivity contribution in [3.8, 4) is 0 Å². The SMILES string of the molecule is C=C[C@@H](C)[C@H](O)CCOCc1ccccc1. The second-order valence-electron chi connectivity index (χ2n) is 3.99. The molecule has 1 aromatic carbocycles. The Hall–Kier alpha value is -1.12. The van der Waals surface area contributed by atoms with Crippen LogP contribution < -0.4 is 0 Å². The Morgan fingerprint density at radius 1 is 1.38 bits per heavy atom. The van der Waals surface area contributed by atoms with E-state index in [-0.39, 0.29) is 12.0 Å². The minimum atomic E-state index is -0.353. The normalized spacial score (nSPS) is 14.4. The van der Waals surface area contributed by atoms with Crippen molar-refractivity contribution < 1.29 is 9.84 Å². The highest BCUT2D eigenvalue weighted by Crippen LogP contribution is 2.08. The van der Waals surface area contributed by atoms with Gasteiger partial charge in [-0.2, -0.15) is 0 Å². The summed E-state index contributed by atoms with van der Waals surface area (Å²) in [5.74, 6) is 0.125. The van der Waals surface area contributed by atoms with Gasteiger partial charge in [0.05, 0.1) is 12.7 Å². The molecule has 1 rings (SSSR count). The van der Waals surface area contributed by atoms with Gasteiger partial charge >= 0.3 is 0 Å². The third-order valence-corrected chi connectivity index (χ3v) is 2.65. The molecular formula is C14H20O2. The van der Waals surface area contributed by atoms with Crippen LogP contribution in [0, 0.1) is 5.92 Å². The van der Waals surface area contributed by atoms with Crippen LogP contribution in [0.4, 0.5) is 0 Å². The molecule has 0 saturated heterocycles. The monoisotopic (exact) mass is 220 g/mol. The highest BCUT2D eigenvalue weighted by Gasteiger charge is 2.09. The van der Waals surface area contributed by atoms with Crippen LogP contribution in [0.5, 0.6) is 0 Å². The molecule has 0 heterocycles. The molecule has 2 atom stereocenters. The lowest BCUT2D eigenvalue weighted by Crippen LogP contribution is -2.17. The first-order chi connectivity index (χ1) is 7.74. The van der Waals surface area contributed by atoms with Crippen LogP contribution in [0.25, 0.3) is 0 Å². The molecule has 0 aliphatic rings. The average molecular weight is 220 g/mol. The summed E-state index contributed by atoms with van der Waals surface area (Å²) in [4.78, 5) is 0. The minimum Gasteiger partial charge on any atom is -0.392 e. The number of aliphatic hydroxyl groups excluding tert-OH is 1. The molecule has 0 aromatic heterocycles. The third kappa shape index (κ3) is 4.60. The summed E-state index contributed by atoms with van der Waals surface area (Å²) >= 11 is 0. The Bertz CT molecular complexity index is 295. The highest BCUT2D eigenvalue weighted by atomic mass is 16.5. The summed E-state index contributed by atoms with van der Waals surface area (Å²) in [5.41, 5.74) is 1.16. The van der Waals surface area contributed by atoms with Crippen LogP contribution >= 0.6 is 0 Å². The number of rotatable bonds is 7. The quantitative estimate of drug-likeness (QED) is 0.565. The first-order valence-electron chi connectivity index (χ1n) is 5.66. The van der Waals surface area contributed by atoms with E-state index in [0.717, 1.165) is 5.56 Å². The highest BCUT2D eigenvalue weighted by molar-refractivity contribution is 5.13. The van der Waals surface area contributed by atoms with Crippen molar-refractivity contribution in [2.45, 2.75) is 26.1 Å². The maximum absolute atomic E-state index is 9.66. The Balaban J connectivity index is 2.15. The molecule has 0 aliphatic heterocycles. The lowest BCUT2D eigenvalue weighted by molar-refractivity contribution is 0.0590.